The van der Waals surface area contributed by atoms with E-state index in [1.165, 1.54) is 30.2 Å². The lowest BCUT2D eigenvalue weighted by Crippen LogP contribution is -2.51. The number of benzene rings is 1. The summed E-state index contributed by atoms with van der Waals surface area (Å²) in [4.78, 5) is 56.7. The number of fused-ring (bicyclic) bond motifs is 1. The largest absolute Gasteiger partial charge is 0.494 e. The average molecular weight is 539 g/mol. The van der Waals surface area contributed by atoms with Gasteiger partial charge in [0.1, 0.15) is 12.3 Å². The van der Waals surface area contributed by atoms with Gasteiger partial charge in [-0.25, -0.2) is 4.79 Å². The van der Waals surface area contributed by atoms with Gasteiger partial charge < -0.3 is 28.6 Å². The van der Waals surface area contributed by atoms with Crippen LogP contribution < -0.4 is 9.54 Å². The number of ether oxygens (including phenoxy) is 3. The van der Waals surface area contributed by atoms with Gasteiger partial charge in [0.2, 0.25) is 5.91 Å². The first-order valence-corrected chi connectivity index (χ1v) is 13.5. The number of esters is 1. The van der Waals surface area contributed by atoms with Crippen molar-refractivity contribution in [2.45, 2.75) is 20.4 Å². The first-order valence-electron chi connectivity index (χ1n) is 11.5. The number of carbonyl (C=O) groups excluding carboxylic acids is 4. The van der Waals surface area contributed by atoms with Crippen LogP contribution in [0.2, 0.25) is 0 Å². The number of aromatic nitrogens is 1. The Balaban J connectivity index is 1.61. The second-order valence-corrected chi connectivity index (χ2v) is 9.67. The van der Waals surface area contributed by atoms with Crippen LogP contribution >= 0.6 is 23.1 Å². The minimum atomic E-state index is -0.458. The van der Waals surface area contributed by atoms with Gasteiger partial charge in [0.15, 0.2) is 4.80 Å². The predicted octanol–water partition coefficient (Wildman–Crippen LogP) is 1.74. The van der Waals surface area contributed by atoms with E-state index in [9.17, 15) is 19.2 Å². The molecule has 11 nitrogen and oxygen atoms in total. The maximum atomic E-state index is 12.6. The minimum absolute atomic E-state index is 0.0190. The number of piperazine rings is 1. The summed E-state index contributed by atoms with van der Waals surface area (Å²) >= 11 is 2.46. The van der Waals surface area contributed by atoms with E-state index in [4.69, 9.17) is 14.2 Å². The molecule has 0 N–H and O–H groups in total. The van der Waals surface area contributed by atoms with E-state index in [-0.39, 0.29) is 30.1 Å². The van der Waals surface area contributed by atoms with Crippen molar-refractivity contribution in [2.75, 3.05) is 58.0 Å². The van der Waals surface area contributed by atoms with Gasteiger partial charge >= 0.3 is 12.1 Å². The average Bonchev–Trinajstić information content (AvgIpc) is 3.19. The molecule has 1 fully saturated rings. The van der Waals surface area contributed by atoms with E-state index >= 15 is 0 Å². The molecule has 1 aliphatic heterocycles. The molecule has 36 heavy (non-hydrogen) atoms. The Morgan fingerprint density at radius 1 is 1.03 bits per heavy atom. The van der Waals surface area contributed by atoms with Gasteiger partial charge in [0.25, 0.3) is 5.91 Å². The van der Waals surface area contributed by atoms with Crippen LogP contribution in [0.3, 0.4) is 0 Å². The molecular formula is C23H30N4O7S2. The van der Waals surface area contributed by atoms with Gasteiger partial charge in [-0.3, -0.25) is 14.4 Å². The summed E-state index contributed by atoms with van der Waals surface area (Å²) in [6, 6.07) is 5.46. The molecule has 1 saturated heterocycles. The standard InChI is InChI=1S/C23H30N4O7S2/c1-4-33-16-6-7-17-18(12-16)36-22(27(17)13-21(30)32-3)24-19(28)14-35-15-20(29)25-8-10-26(11-9-25)23(31)34-5-2/h6-7,12H,4-5,8-11,13-15H2,1-3H3. The monoisotopic (exact) mass is 538 g/mol. The molecule has 0 spiro atoms. The Morgan fingerprint density at radius 2 is 1.75 bits per heavy atom. The molecule has 3 amide bonds. The maximum Gasteiger partial charge on any atom is 0.409 e. The van der Waals surface area contributed by atoms with Crippen LogP contribution in [0, 0.1) is 0 Å². The van der Waals surface area contributed by atoms with Crippen molar-refractivity contribution in [3.8, 4) is 5.75 Å². The maximum absolute atomic E-state index is 12.6. The number of hydrogen-bond acceptors (Lipinski definition) is 9. The summed E-state index contributed by atoms with van der Waals surface area (Å²) in [5.41, 5.74) is 0.741. The number of rotatable bonds is 9. The highest BCUT2D eigenvalue weighted by Gasteiger charge is 2.24. The van der Waals surface area contributed by atoms with Crippen molar-refractivity contribution in [2.24, 2.45) is 4.99 Å². The van der Waals surface area contributed by atoms with Crippen LogP contribution in [0.4, 0.5) is 4.79 Å². The minimum Gasteiger partial charge on any atom is -0.494 e. The second kappa shape index (κ2) is 13.3. The number of carbonyl (C=O) groups is 4. The van der Waals surface area contributed by atoms with Gasteiger partial charge in [-0.1, -0.05) is 11.3 Å². The quantitative estimate of drug-likeness (QED) is 0.443. The topological polar surface area (TPSA) is 120 Å². The SMILES string of the molecule is CCOC(=O)N1CCN(C(=O)CSCC(=O)N=c2sc3cc(OCC)ccc3n2CC(=O)OC)CC1. The van der Waals surface area contributed by atoms with E-state index in [0.717, 1.165) is 10.2 Å². The lowest BCUT2D eigenvalue weighted by Gasteiger charge is -2.34. The molecule has 0 radical (unpaired) electrons. The zero-order chi connectivity index (χ0) is 26.1. The summed E-state index contributed by atoms with van der Waals surface area (Å²) in [6.07, 6.45) is -0.369. The number of amides is 3. The highest BCUT2D eigenvalue weighted by molar-refractivity contribution is 8.00. The molecule has 196 valence electrons. The van der Waals surface area contributed by atoms with Gasteiger partial charge in [-0.2, -0.15) is 4.99 Å². The van der Waals surface area contributed by atoms with E-state index in [0.29, 0.717) is 49.9 Å². The van der Waals surface area contributed by atoms with E-state index in [1.807, 2.05) is 19.1 Å². The Morgan fingerprint density at radius 3 is 2.42 bits per heavy atom. The Labute approximate surface area is 217 Å². The highest BCUT2D eigenvalue weighted by atomic mass is 32.2. The van der Waals surface area contributed by atoms with Gasteiger partial charge in [-0.05, 0) is 32.0 Å². The lowest BCUT2D eigenvalue weighted by atomic mass is 10.3. The molecule has 0 unspecified atom stereocenters. The third kappa shape index (κ3) is 7.23. The van der Waals surface area contributed by atoms with Crippen LogP contribution in [0.5, 0.6) is 5.75 Å². The Hall–Kier alpha value is -3.06. The zero-order valence-corrected chi connectivity index (χ0v) is 22.2. The summed E-state index contributed by atoms with van der Waals surface area (Å²) in [5, 5.41) is 0. The molecule has 2 heterocycles. The third-order valence-electron chi connectivity index (χ3n) is 5.31. The van der Waals surface area contributed by atoms with Crippen molar-refractivity contribution in [1.29, 1.82) is 0 Å². The Kier molecular flexibility index (Phi) is 10.2. The summed E-state index contributed by atoms with van der Waals surface area (Å²) in [7, 11) is 1.30. The lowest BCUT2D eigenvalue weighted by molar-refractivity contribution is -0.141. The van der Waals surface area contributed by atoms with Crippen molar-refractivity contribution < 1.29 is 33.4 Å². The van der Waals surface area contributed by atoms with Crippen LogP contribution in [-0.2, 0) is 30.4 Å². The molecule has 3 rings (SSSR count). The van der Waals surface area contributed by atoms with E-state index in [2.05, 4.69) is 4.99 Å². The van der Waals surface area contributed by atoms with Crippen LogP contribution in [-0.4, -0.2) is 96.3 Å². The van der Waals surface area contributed by atoms with E-state index in [1.54, 1.807) is 27.4 Å². The molecule has 0 saturated carbocycles. The molecule has 0 aliphatic carbocycles. The van der Waals surface area contributed by atoms with Crippen molar-refractivity contribution in [3.63, 3.8) is 0 Å². The van der Waals surface area contributed by atoms with Crippen molar-refractivity contribution >= 4 is 57.2 Å². The second-order valence-electron chi connectivity index (χ2n) is 7.67. The molecule has 0 atom stereocenters. The summed E-state index contributed by atoms with van der Waals surface area (Å²) in [6.45, 7) is 6.08. The number of thiazole rings is 1. The van der Waals surface area contributed by atoms with Gasteiger partial charge in [0.05, 0.1) is 42.0 Å². The molecule has 1 aliphatic rings. The Bertz CT molecular complexity index is 1170. The fourth-order valence-electron chi connectivity index (χ4n) is 3.55. The number of thioether (sulfide) groups is 1. The van der Waals surface area contributed by atoms with Crippen molar-refractivity contribution in [3.05, 3.63) is 23.0 Å². The van der Waals surface area contributed by atoms with Crippen molar-refractivity contribution in [1.82, 2.24) is 14.4 Å². The van der Waals surface area contributed by atoms with E-state index < -0.39 is 11.9 Å². The van der Waals surface area contributed by atoms with Crippen LogP contribution in [0.25, 0.3) is 10.2 Å². The number of methoxy groups -OCH3 is 1. The fourth-order valence-corrected chi connectivity index (χ4v) is 5.32. The van der Waals surface area contributed by atoms with Crippen LogP contribution in [0.1, 0.15) is 13.8 Å². The number of hydrogen-bond donors (Lipinski definition) is 0. The van der Waals surface area contributed by atoms with Gasteiger partial charge in [0, 0.05) is 26.2 Å². The smallest absolute Gasteiger partial charge is 0.409 e. The molecular weight excluding hydrogens is 508 g/mol. The van der Waals surface area contributed by atoms with Crippen LogP contribution in [0.15, 0.2) is 23.2 Å². The van der Waals surface area contributed by atoms with Gasteiger partial charge in [-0.15, -0.1) is 11.8 Å². The number of nitrogens with zero attached hydrogens (tertiary/aromatic N) is 4. The molecule has 1 aromatic carbocycles. The molecule has 13 heteroatoms. The summed E-state index contributed by atoms with van der Waals surface area (Å²) in [5.74, 6) is -0.123. The summed E-state index contributed by atoms with van der Waals surface area (Å²) < 4.78 is 17.8. The molecule has 0 bridgehead atoms. The fraction of sp³-hybridized carbons (Fsp3) is 0.522. The molecule has 2 aromatic rings. The molecule has 1 aromatic heterocycles. The zero-order valence-electron chi connectivity index (χ0n) is 20.6. The predicted molar refractivity (Wildman–Crippen MR) is 136 cm³/mol. The first-order chi connectivity index (χ1) is 17.4. The third-order valence-corrected chi connectivity index (χ3v) is 7.25. The highest BCUT2D eigenvalue weighted by Crippen LogP contribution is 2.23. The normalized spacial score (nSPS) is 14.1. The first kappa shape index (κ1) is 27.5.